The fraction of sp³-hybridized carbons (Fsp3) is 0.407. The maximum Gasteiger partial charge on any atom is 0.295 e. The van der Waals surface area contributed by atoms with Crippen LogP contribution < -0.4 is 4.74 Å². The maximum atomic E-state index is 13.7. The molecular formula is C27H30FNO5. The van der Waals surface area contributed by atoms with Crippen molar-refractivity contribution in [2.24, 2.45) is 0 Å². The molecule has 0 spiro atoms. The highest BCUT2D eigenvalue weighted by atomic mass is 19.1. The minimum Gasteiger partial charge on any atom is -0.507 e. The lowest BCUT2D eigenvalue weighted by atomic mass is 9.85. The van der Waals surface area contributed by atoms with E-state index in [-0.39, 0.29) is 29.4 Å². The first kappa shape index (κ1) is 24.0. The summed E-state index contributed by atoms with van der Waals surface area (Å²) in [5.74, 6) is -1.86. The van der Waals surface area contributed by atoms with Crippen LogP contribution in [0.1, 0.15) is 56.3 Å². The Morgan fingerprint density at radius 3 is 2.47 bits per heavy atom. The second-order valence-electron chi connectivity index (χ2n) is 9.80. The number of rotatable bonds is 5. The van der Waals surface area contributed by atoms with Crippen LogP contribution in [0.25, 0.3) is 5.76 Å². The van der Waals surface area contributed by atoms with Gasteiger partial charge < -0.3 is 19.5 Å². The van der Waals surface area contributed by atoms with Crippen molar-refractivity contribution >= 4 is 17.4 Å². The number of nitrogens with zero attached hydrogens (tertiary/aromatic N) is 1. The zero-order chi connectivity index (χ0) is 24.6. The van der Waals surface area contributed by atoms with Gasteiger partial charge in [0.25, 0.3) is 11.7 Å². The van der Waals surface area contributed by atoms with E-state index in [0.29, 0.717) is 23.5 Å². The van der Waals surface area contributed by atoms with Crippen LogP contribution in [0.2, 0.25) is 0 Å². The van der Waals surface area contributed by atoms with Crippen molar-refractivity contribution in [2.75, 3.05) is 20.3 Å². The van der Waals surface area contributed by atoms with Gasteiger partial charge in [-0.05, 0) is 53.6 Å². The number of hydrogen-bond acceptors (Lipinski definition) is 5. The standard InChI is InChI=1S/C27H30FNO5/c1-27(2,3)17-9-12-21(33-4)20(14-17)24(30)22-23(16-7-10-18(28)11-8-16)29(26(32)25(22)31)15-19-6-5-13-34-19/h7-12,14,19,23,30H,5-6,13,15H2,1-4H3/b24-22+. The molecular weight excluding hydrogens is 437 g/mol. The molecule has 2 unspecified atom stereocenters. The van der Waals surface area contributed by atoms with Crippen LogP contribution in [0.5, 0.6) is 5.75 Å². The summed E-state index contributed by atoms with van der Waals surface area (Å²) >= 11 is 0. The molecule has 2 saturated heterocycles. The summed E-state index contributed by atoms with van der Waals surface area (Å²) in [6.45, 7) is 6.93. The van der Waals surface area contributed by atoms with E-state index in [9.17, 15) is 19.1 Å². The summed E-state index contributed by atoms with van der Waals surface area (Å²) in [4.78, 5) is 27.8. The van der Waals surface area contributed by atoms with E-state index >= 15 is 0 Å². The number of ketones is 1. The van der Waals surface area contributed by atoms with E-state index in [4.69, 9.17) is 9.47 Å². The third-order valence-electron chi connectivity index (χ3n) is 6.47. The number of amides is 1. The molecule has 1 N–H and O–H groups in total. The van der Waals surface area contributed by atoms with Gasteiger partial charge in [-0.25, -0.2) is 4.39 Å². The number of Topliss-reactive ketones (excluding diaryl/α,β-unsaturated/α-hetero) is 1. The third-order valence-corrected chi connectivity index (χ3v) is 6.47. The highest BCUT2D eigenvalue weighted by Crippen LogP contribution is 2.42. The Kier molecular flexibility index (Phi) is 6.49. The van der Waals surface area contributed by atoms with Crippen LogP contribution in [-0.4, -0.2) is 48.1 Å². The summed E-state index contributed by atoms with van der Waals surface area (Å²) < 4.78 is 24.9. The molecule has 2 aliphatic rings. The van der Waals surface area contributed by atoms with Crippen molar-refractivity contribution in [3.63, 3.8) is 0 Å². The number of carbonyl (C=O) groups excluding carboxylic acids is 2. The van der Waals surface area contributed by atoms with Gasteiger partial charge in [-0.3, -0.25) is 9.59 Å². The highest BCUT2D eigenvalue weighted by molar-refractivity contribution is 6.46. The van der Waals surface area contributed by atoms with Gasteiger partial charge in [-0.15, -0.1) is 0 Å². The average molecular weight is 468 g/mol. The summed E-state index contributed by atoms with van der Waals surface area (Å²) in [5.41, 5.74) is 1.54. The number of aliphatic hydroxyl groups is 1. The molecule has 0 radical (unpaired) electrons. The minimum absolute atomic E-state index is 0.0426. The smallest absolute Gasteiger partial charge is 0.295 e. The first-order chi connectivity index (χ1) is 16.1. The predicted octanol–water partition coefficient (Wildman–Crippen LogP) is 4.73. The molecule has 2 aromatic rings. The van der Waals surface area contributed by atoms with Crippen molar-refractivity contribution in [1.29, 1.82) is 0 Å². The predicted molar refractivity (Wildman–Crippen MR) is 126 cm³/mol. The Balaban J connectivity index is 1.89. The van der Waals surface area contributed by atoms with Gasteiger partial charge in [-0.2, -0.15) is 0 Å². The molecule has 6 nitrogen and oxygen atoms in total. The second kappa shape index (κ2) is 9.22. The number of ether oxygens (including phenoxy) is 2. The van der Waals surface area contributed by atoms with Crippen LogP contribution in [0.3, 0.4) is 0 Å². The van der Waals surface area contributed by atoms with E-state index in [0.717, 1.165) is 18.4 Å². The quantitative estimate of drug-likeness (QED) is 0.391. The molecule has 0 saturated carbocycles. The normalized spacial score (nSPS) is 22.4. The van der Waals surface area contributed by atoms with Gasteiger partial charge in [0, 0.05) is 13.2 Å². The maximum absolute atomic E-state index is 13.7. The van der Waals surface area contributed by atoms with Gasteiger partial charge in [0.1, 0.15) is 17.3 Å². The lowest BCUT2D eigenvalue weighted by Crippen LogP contribution is -2.36. The van der Waals surface area contributed by atoms with E-state index < -0.39 is 23.5 Å². The molecule has 180 valence electrons. The SMILES string of the molecule is COc1ccc(C(C)(C)C)cc1/C(O)=C1\C(=O)C(=O)N(CC2CCCO2)C1c1ccc(F)cc1. The molecule has 2 fully saturated rings. The van der Waals surface area contributed by atoms with Gasteiger partial charge in [0.2, 0.25) is 0 Å². The molecule has 7 heteroatoms. The lowest BCUT2D eigenvalue weighted by molar-refractivity contribution is -0.140. The van der Waals surface area contributed by atoms with E-state index in [2.05, 4.69) is 0 Å². The Hall–Kier alpha value is -3.19. The Morgan fingerprint density at radius 1 is 1.18 bits per heavy atom. The van der Waals surface area contributed by atoms with Crippen LogP contribution in [0.15, 0.2) is 48.0 Å². The van der Waals surface area contributed by atoms with E-state index in [1.54, 1.807) is 12.1 Å². The van der Waals surface area contributed by atoms with E-state index in [1.165, 1.54) is 36.3 Å². The molecule has 0 bridgehead atoms. The van der Waals surface area contributed by atoms with Crippen molar-refractivity contribution in [1.82, 2.24) is 4.90 Å². The number of carbonyl (C=O) groups is 2. The zero-order valence-electron chi connectivity index (χ0n) is 19.9. The van der Waals surface area contributed by atoms with Crippen molar-refractivity contribution in [2.45, 2.75) is 51.2 Å². The van der Waals surface area contributed by atoms with Gasteiger partial charge in [-0.1, -0.05) is 39.0 Å². The molecule has 0 aliphatic carbocycles. The Morgan fingerprint density at radius 2 is 1.88 bits per heavy atom. The molecule has 34 heavy (non-hydrogen) atoms. The molecule has 2 heterocycles. The molecule has 1 amide bonds. The number of halogens is 1. The molecule has 2 atom stereocenters. The number of hydrogen-bond donors (Lipinski definition) is 1. The van der Waals surface area contributed by atoms with Crippen LogP contribution in [0, 0.1) is 5.82 Å². The monoisotopic (exact) mass is 467 g/mol. The third kappa shape index (κ3) is 4.44. The zero-order valence-corrected chi connectivity index (χ0v) is 19.9. The summed E-state index contributed by atoms with van der Waals surface area (Å²) in [6.07, 6.45) is 1.47. The number of benzene rings is 2. The topological polar surface area (TPSA) is 76.1 Å². The highest BCUT2D eigenvalue weighted by Gasteiger charge is 2.47. The first-order valence-corrected chi connectivity index (χ1v) is 11.5. The fourth-order valence-electron chi connectivity index (χ4n) is 4.57. The molecule has 2 aromatic carbocycles. The van der Waals surface area contributed by atoms with Crippen LogP contribution in [0.4, 0.5) is 4.39 Å². The lowest BCUT2D eigenvalue weighted by Gasteiger charge is -2.27. The largest absolute Gasteiger partial charge is 0.507 e. The van der Waals surface area contributed by atoms with Crippen molar-refractivity contribution in [3.8, 4) is 5.75 Å². The number of methoxy groups -OCH3 is 1. The molecule has 4 rings (SSSR count). The fourth-order valence-corrected chi connectivity index (χ4v) is 4.57. The first-order valence-electron chi connectivity index (χ1n) is 11.5. The Bertz CT molecular complexity index is 1130. The van der Waals surface area contributed by atoms with Crippen molar-refractivity contribution < 1.29 is 28.6 Å². The van der Waals surface area contributed by atoms with E-state index in [1.807, 2.05) is 26.8 Å². The van der Waals surface area contributed by atoms with Gasteiger partial charge >= 0.3 is 0 Å². The number of likely N-dealkylation sites (tertiary alicyclic amines) is 1. The summed E-state index contributed by atoms with van der Waals surface area (Å²) in [6, 6.07) is 10.2. The number of aliphatic hydroxyl groups excluding tert-OH is 1. The van der Waals surface area contributed by atoms with Gasteiger partial charge in [0.05, 0.1) is 30.4 Å². The summed E-state index contributed by atoms with van der Waals surface area (Å²) in [5, 5.41) is 11.5. The molecule has 2 aliphatic heterocycles. The molecule has 0 aromatic heterocycles. The van der Waals surface area contributed by atoms with Gasteiger partial charge in [0.15, 0.2) is 0 Å². The minimum atomic E-state index is -0.868. The Labute approximate surface area is 199 Å². The summed E-state index contributed by atoms with van der Waals surface area (Å²) in [7, 11) is 1.48. The second-order valence-corrected chi connectivity index (χ2v) is 9.80. The van der Waals surface area contributed by atoms with Crippen LogP contribution >= 0.6 is 0 Å². The van der Waals surface area contributed by atoms with Crippen LogP contribution in [-0.2, 0) is 19.7 Å². The van der Waals surface area contributed by atoms with Crippen molar-refractivity contribution in [3.05, 3.63) is 70.5 Å². The average Bonchev–Trinajstić information content (AvgIpc) is 3.40.